The van der Waals surface area contributed by atoms with E-state index in [4.69, 9.17) is 4.74 Å². The molecule has 2 N–H and O–H groups in total. The summed E-state index contributed by atoms with van der Waals surface area (Å²) in [6.45, 7) is -1.24. The lowest BCUT2D eigenvalue weighted by Crippen LogP contribution is -2.46. The number of rotatable bonds is 5. The number of alkyl halides is 3. The van der Waals surface area contributed by atoms with Crippen molar-refractivity contribution in [2.24, 2.45) is 0 Å². The van der Waals surface area contributed by atoms with E-state index in [0.29, 0.717) is 5.56 Å². The Bertz CT molecular complexity index is 597. The highest BCUT2D eigenvalue weighted by molar-refractivity contribution is 5.74. The van der Waals surface area contributed by atoms with Crippen molar-refractivity contribution in [2.45, 2.75) is 50.2 Å². The van der Waals surface area contributed by atoms with Crippen LogP contribution in [0.2, 0.25) is 0 Å². The van der Waals surface area contributed by atoms with Gasteiger partial charge in [-0.25, -0.2) is 9.78 Å². The summed E-state index contributed by atoms with van der Waals surface area (Å²) in [4.78, 5) is 15.6. The van der Waals surface area contributed by atoms with Crippen LogP contribution in [0.5, 0.6) is 5.88 Å². The van der Waals surface area contributed by atoms with Gasteiger partial charge in [0.1, 0.15) is 0 Å². The van der Waals surface area contributed by atoms with Crippen LogP contribution in [-0.2, 0) is 11.3 Å². The van der Waals surface area contributed by atoms with Crippen LogP contribution in [0.4, 0.5) is 18.0 Å². The maximum absolute atomic E-state index is 12.1. The average Bonchev–Trinajstić information content (AvgIpc) is 3.13. The Kier molecular flexibility index (Phi) is 4.79. The van der Waals surface area contributed by atoms with Crippen LogP contribution in [0.25, 0.3) is 0 Å². The summed E-state index contributed by atoms with van der Waals surface area (Å²) in [6, 6.07) is 2.66. The third kappa shape index (κ3) is 4.50. The SMILES string of the molecule is O=C(NCc1ccnc(OCC(F)(F)F)c1)NC1CC2CCC1O2. The number of hydrogen-bond acceptors (Lipinski definition) is 4. The predicted molar refractivity (Wildman–Crippen MR) is 77.5 cm³/mol. The molecule has 0 aliphatic carbocycles. The van der Waals surface area contributed by atoms with Crippen LogP contribution in [0.15, 0.2) is 18.3 Å². The number of nitrogens with zero attached hydrogens (tertiary/aromatic N) is 1. The third-order valence-corrected chi connectivity index (χ3v) is 4.06. The molecule has 1 aromatic rings. The Labute approximate surface area is 136 Å². The third-order valence-electron chi connectivity index (χ3n) is 4.06. The molecule has 24 heavy (non-hydrogen) atoms. The van der Waals surface area contributed by atoms with Crippen LogP contribution in [0, 0.1) is 0 Å². The largest absolute Gasteiger partial charge is 0.468 e. The van der Waals surface area contributed by atoms with E-state index in [-0.39, 0.29) is 36.7 Å². The molecule has 2 amide bonds. The van der Waals surface area contributed by atoms with Gasteiger partial charge in [0.15, 0.2) is 6.61 Å². The van der Waals surface area contributed by atoms with E-state index in [1.54, 1.807) is 6.07 Å². The molecule has 132 valence electrons. The first-order valence-corrected chi connectivity index (χ1v) is 7.73. The Morgan fingerprint density at radius 1 is 1.42 bits per heavy atom. The number of nitrogens with one attached hydrogen (secondary N) is 2. The quantitative estimate of drug-likeness (QED) is 0.858. The van der Waals surface area contributed by atoms with Crippen molar-refractivity contribution >= 4 is 6.03 Å². The Morgan fingerprint density at radius 2 is 2.25 bits per heavy atom. The highest BCUT2D eigenvalue weighted by Crippen LogP contribution is 2.34. The van der Waals surface area contributed by atoms with Gasteiger partial charge < -0.3 is 20.1 Å². The smallest absolute Gasteiger partial charge is 0.422 e. The number of pyridine rings is 1. The Balaban J connectivity index is 1.45. The number of carbonyl (C=O) groups excluding carboxylic acids is 1. The first-order chi connectivity index (χ1) is 11.4. The van der Waals surface area contributed by atoms with Gasteiger partial charge in [0, 0.05) is 18.8 Å². The molecule has 0 aromatic carbocycles. The van der Waals surface area contributed by atoms with Gasteiger partial charge in [-0.3, -0.25) is 0 Å². The van der Waals surface area contributed by atoms with Gasteiger partial charge in [-0.2, -0.15) is 13.2 Å². The molecule has 3 rings (SSSR count). The zero-order valence-electron chi connectivity index (χ0n) is 12.8. The van der Waals surface area contributed by atoms with Gasteiger partial charge in [-0.05, 0) is 30.9 Å². The Hall–Kier alpha value is -2.03. The second-order valence-electron chi connectivity index (χ2n) is 5.95. The number of aromatic nitrogens is 1. The second kappa shape index (κ2) is 6.84. The highest BCUT2D eigenvalue weighted by atomic mass is 19.4. The summed E-state index contributed by atoms with van der Waals surface area (Å²) in [7, 11) is 0. The predicted octanol–water partition coefficient (Wildman–Crippen LogP) is 2.14. The minimum absolute atomic E-state index is 0.0202. The molecule has 0 radical (unpaired) electrons. The van der Waals surface area contributed by atoms with Crippen molar-refractivity contribution in [2.75, 3.05) is 6.61 Å². The number of amides is 2. The molecule has 2 bridgehead atoms. The molecular formula is C15H18F3N3O3. The first kappa shape index (κ1) is 16.8. The molecule has 2 saturated heterocycles. The first-order valence-electron chi connectivity index (χ1n) is 7.73. The van der Waals surface area contributed by atoms with Crippen LogP contribution >= 0.6 is 0 Å². The van der Waals surface area contributed by atoms with Gasteiger partial charge in [0.25, 0.3) is 0 Å². The number of hydrogen-bond donors (Lipinski definition) is 2. The van der Waals surface area contributed by atoms with E-state index in [2.05, 4.69) is 20.4 Å². The molecule has 2 aliphatic heterocycles. The average molecular weight is 345 g/mol. The van der Waals surface area contributed by atoms with Crippen molar-refractivity contribution in [1.82, 2.24) is 15.6 Å². The van der Waals surface area contributed by atoms with Gasteiger partial charge in [-0.1, -0.05) is 0 Å². The molecule has 2 aliphatic rings. The molecule has 3 heterocycles. The normalized spacial score (nSPS) is 25.5. The molecule has 0 saturated carbocycles. The van der Waals surface area contributed by atoms with Crippen molar-refractivity contribution in [3.63, 3.8) is 0 Å². The van der Waals surface area contributed by atoms with Gasteiger partial charge in [0.05, 0.1) is 18.2 Å². The van der Waals surface area contributed by atoms with Crippen molar-refractivity contribution in [3.05, 3.63) is 23.9 Å². The van der Waals surface area contributed by atoms with Gasteiger partial charge in [0.2, 0.25) is 5.88 Å². The fraction of sp³-hybridized carbons (Fsp3) is 0.600. The summed E-state index contributed by atoms with van der Waals surface area (Å²) in [5, 5.41) is 5.54. The topological polar surface area (TPSA) is 72.5 Å². The minimum atomic E-state index is -4.42. The lowest BCUT2D eigenvalue weighted by molar-refractivity contribution is -0.154. The maximum atomic E-state index is 12.1. The van der Waals surface area contributed by atoms with E-state index in [1.807, 2.05) is 0 Å². The summed E-state index contributed by atoms with van der Waals surface area (Å²) in [5.41, 5.74) is 0.599. The summed E-state index contributed by atoms with van der Waals surface area (Å²) >= 11 is 0. The van der Waals surface area contributed by atoms with E-state index < -0.39 is 12.8 Å². The second-order valence-corrected chi connectivity index (χ2v) is 5.95. The summed E-state index contributed by atoms with van der Waals surface area (Å²) < 4.78 is 46.6. The van der Waals surface area contributed by atoms with E-state index in [1.165, 1.54) is 12.3 Å². The van der Waals surface area contributed by atoms with E-state index >= 15 is 0 Å². The van der Waals surface area contributed by atoms with Gasteiger partial charge in [-0.15, -0.1) is 0 Å². The molecular weight excluding hydrogens is 327 g/mol. The van der Waals surface area contributed by atoms with Crippen LogP contribution < -0.4 is 15.4 Å². The molecule has 3 atom stereocenters. The lowest BCUT2D eigenvalue weighted by atomic mass is 9.96. The van der Waals surface area contributed by atoms with Crippen molar-refractivity contribution in [1.29, 1.82) is 0 Å². The molecule has 1 aromatic heterocycles. The van der Waals surface area contributed by atoms with E-state index in [9.17, 15) is 18.0 Å². The van der Waals surface area contributed by atoms with Crippen molar-refractivity contribution in [3.8, 4) is 5.88 Å². The number of halogens is 3. The Morgan fingerprint density at radius 3 is 2.92 bits per heavy atom. The van der Waals surface area contributed by atoms with E-state index in [0.717, 1.165) is 19.3 Å². The fourth-order valence-electron chi connectivity index (χ4n) is 2.99. The zero-order chi connectivity index (χ0) is 17.2. The van der Waals surface area contributed by atoms with Gasteiger partial charge >= 0.3 is 12.2 Å². The number of fused-ring (bicyclic) bond motifs is 2. The molecule has 3 unspecified atom stereocenters. The summed E-state index contributed by atoms with van der Waals surface area (Å²) in [6.07, 6.45) is 0.0752. The van der Waals surface area contributed by atoms with Crippen LogP contribution in [-0.4, -0.2) is 42.0 Å². The van der Waals surface area contributed by atoms with Crippen molar-refractivity contribution < 1.29 is 27.4 Å². The summed E-state index contributed by atoms with van der Waals surface area (Å²) in [5.74, 6) is -0.131. The number of ether oxygens (including phenoxy) is 2. The highest BCUT2D eigenvalue weighted by Gasteiger charge is 2.41. The molecule has 6 nitrogen and oxygen atoms in total. The lowest BCUT2D eigenvalue weighted by Gasteiger charge is -2.20. The molecule has 2 fully saturated rings. The zero-order valence-corrected chi connectivity index (χ0v) is 12.8. The fourth-order valence-corrected chi connectivity index (χ4v) is 2.99. The molecule has 9 heteroatoms. The van der Waals surface area contributed by atoms with Crippen LogP contribution in [0.1, 0.15) is 24.8 Å². The number of urea groups is 1. The van der Waals surface area contributed by atoms with Crippen LogP contribution in [0.3, 0.4) is 0 Å². The minimum Gasteiger partial charge on any atom is -0.468 e. The molecule has 0 spiro atoms. The number of carbonyl (C=O) groups is 1. The monoisotopic (exact) mass is 345 g/mol. The maximum Gasteiger partial charge on any atom is 0.422 e. The standard InChI is InChI=1S/C15H18F3N3O3/c16-15(17,18)8-23-13-5-9(3-4-19-13)7-20-14(22)21-11-6-10-1-2-12(11)24-10/h3-5,10-12H,1-2,6-8H2,(H2,20,21,22).